The van der Waals surface area contributed by atoms with E-state index in [1.165, 1.54) is 0 Å². The van der Waals surface area contributed by atoms with Crippen molar-refractivity contribution in [2.45, 2.75) is 27.7 Å². The molecule has 1 heterocycles. The minimum absolute atomic E-state index is 0.254. The molecule has 0 fully saturated rings. The van der Waals surface area contributed by atoms with Crippen molar-refractivity contribution in [3.63, 3.8) is 0 Å². The van der Waals surface area contributed by atoms with Gasteiger partial charge in [0.2, 0.25) is 0 Å². The molecule has 1 atom stereocenters. The van der Waals surface area contributed by atoms with Crippen LogP contribution in [0.3, 0.4) is 0 Å². The van der Waals surface area contributed by atoms with E-state index in [1.807, 2.05) is 0 Å². The molecular weight excluding hydrogens is 245 g/mol. The van der Waals surface area contributed by atoms with Gasteiger partial charge in [0.25, 0.3) is 0 Å². The summed E-state index contributed by atoms with van der Waals surface area (Å²) in [6, 6.07) is 1.69. The summed E-state index contributed by atoms with van der Waals surface area (Å²) in [7, 11) is 0. The lowest BCUT2D eigenvalue weighted by Gasteiger charge is -2.27. The molecule has 1 N–H and O–H groups in total. The van der Waals surface area contributed by atoms with Gasteiger partial charge in [-0.3, -0.25) is 0 Å². The maximum Gasteiger partial charge on any atom is 0.174 e. The first-order valence-corrected chi connectivity index (χ1v) is 5.99. The summed E-state index contributed by atoms with van der Waals surface area (Å²) in [4.78, 5) is 0. The second-order valence-corrected chi connectivity index (χ2v) is 5.76. The van der Waals surface area contributed by atoms with Crippen LogP contribution in [0.4, 0.5) is 5.69 Å². The van der Waals surface area contributed by atoms with E-state index in [1.54, 1.807) is 6.07 Å². The molecule has 0 aliphatic carbocycles. The fourth-order valence-electron chi connectivity index (χ4n) is 1.05. The van der Waals surface area contributed by atoms with Gasteiger partial charge in [-0.1, -0.05) is 50.9 Å². The predicted molar refractivity (Wildman–Crippen MR) is 69.2 cm³/mol. The molecule has 90 valence electrons. The zero-order chi connectivity index (χ0) is 12.3. The second kappa shape index (κ2) is 5.19. The van der Waals surface area contributed by atoms with Crippen molar-refractivity contribution in [1.29, 1.82) is 0 Å². The lowest BCUT2D eigenvalue weighted by atomic mass is 9.82. The van der Waals surface area contributed by atoms with Crippen LogP contribution in [0.15, 0.2) is 6.07 Å². The molecule has 5 heteroatoms. The molecular formula is C11H17Cl2N3. The highest BCUT2D eigenvalue weighted by atomic mass is 35.5. The van der Waals surface area contributed by atoms with Crippen molar-refractivity contribution in [1.82, 2.24) is 10.2 Å². The van der Waals surface area contributed by atoms with Gasteiger partial charge in [0.1, 0.15) is 0 Å². The molecule has 0 saturated heterocycles. The molecule has 0 aromatic carbocycles. The fourth-order valence-corrected chi connectivity index (χ4v) is 1.35. The van der Waals surface area contributed by atoms with Gasteiger partial charge in [0.15, 0.2) is 10.3 Å². The highest BCUT2D eigenvalue weighted by molar-refractivity contribution is 6.33. The summed E-state index contributed by atoms with van der Waals surface area (Å²) in [6.07, 6.45) is 0. The Labute approximate surface area is 107 Å². The molecule has 0 radical (unpaired) electrons. The molecule has 0 bridgehead atoms. The number of hydrogen-bond donors (Lipinski definition) is 1. The van der Waals surface area contributed by atoms with Gasteiger partial charge in [0, 0.05) is 12.6 Å². The highest BCUT2D eigenvalue weighted by Crippen LogP contribution is 2.27. The predicted octanol–water partition coefficient (Wildman–Crippen LogP) is 3.88. The Bertz CT molecular complexity index is 361. The lowest BCUT2D eigenvalue weighted by Crippen LogP contribution is -2.25. The summed E-state index contributed by atoms with van der Waals surface area (Å²) >= 11 is 11.6. The molecule has 3 nitrogen and oxygen atoms in total. The third-order valence-corrected chi connectivity index (χ3v) is 3.26. The molecule has 1 aromatic rings. The smallest absolute Gasteiger partial charge is 0.174 e. The van der Waals surface area contributed by atoms with Crippen molar-refractivity contribution >= 4 is 28.9 Å². The van der Waals surface area contributed by atoms with Gasteiger partial charge < -0.3 is 5.32 Å². The molecule has 0 aliphatic heterocycles. The van der Waals surface area contributed by atoms with Crippen LogP contribution in [0.2, 0.25) is 10.3 Å². The summed E-state index contributed by atoms with van der Waals surface area (Å²) in [5, 5.41) is 11.3. The summed E-state index contributed by atoms with van der Waals surface area (Å²) in [5.41, 5.74) is 0.988. The van der Waals surface area contributed by atoms with Gasteiger partial charge in [-0.15, -0.1) is 10.2 Å². The van der Waals surface area contributed by atoms with Crippen molar-refractivity contribution in [2.75, 3.05) is 11.9 Å². The van der Waals surface area contributed by atoms with Crippen LogP contribution >= 0.6 is 23.2 Å². The van der Waals surface area contributed by atoms with Crippen molar-refractivity contribution in [2.24, 2.45) is 11.3 Å². The monoisotopic (exact) mass is 261 g/mol. The number of nitrogens with zero attached hydrogens (tertiary/aromatic N) is 2. The van der Waals surface area contributed by atoms with Crippen LogP contribution < -0.4 is 5.32 Å². The first-order valence-electron chi connectivity index (χ1n) is 5.23. The van der Waals surface area contributed by atoms with E-state index in [9.17, 15) is 0 Å². The Morgan fingerprint density at radius 3 is 2.50 bits per heavy atom. The molecule has 16 heavy (non-hydrogen) atoms. The number of hydrogen-bond acceptors (Lipinski definition) is 3. The van der Waals surface area contributed by atoms with Crippen LogP contribution in [-0.2, 0) is 0 Å². The van der Waals surface area contributed by atoms with Crippen LogP contribution in [0.25, 0.3) is 0 Å². The average Bonchev–Trinajstić information content (AvgIpc) is 2.17. The Morgan fingerprint density at radius 2 is 1.94 bits per heavy atom. The third kappa shape index (κ3) is 3.80. The van der Waals surface area contributed by atoms with E-state index in [4.69, 9.17) is 23.2 Å². The summed E-state index contributed by atoms with van der Waals surface area (Å²) in [5.74, 6) is 0.510. The number of anilines is 1. The van der Waals surface area contributed by atoms with Crippen molar-refractivity contribution in [3.05, 3.63) is 16.4 Å². The highest BCUT2D eigenvalue weighted by Gasteiger charge is 2.19. The molecule has 1 unspecified atom stereocenters. The molecule has 0 amide bonds. The van der Waals surface area contributed by atoms with Gasteiger partial charge in [-0.05, 0) is 11.3 Å². The van der Waals surface area contributed by atoms with E-state index in [2.05, 4.69) is 43.2 Å². The number of nitrogens with one attached hydrogen (secondary N) is 1. The second-order valence-electron chi connectivity index (χ2n) is 5.02. The number of halogens is 2. The lowest BCUT2D eigenvalue weighted by molar-refractivity contribution is 0.274. The molecule has 0 saturated carbocycles. The zero-order valence-electron chi connectivity index (χ0n) is 10.0. The van der Waals surface area contributed by atoms with E-state index in [0.29, 0.717) is 16.2 Å². The van der Waals surface area contributed by atoms with Crippen molar-refractivity contribution < 1.29 is 0 Å². The molecule has 0 aliphatic rings. The SMILES string of the molecule is CC(CNc1cc(Cl)nnc1Cl)C(C)(C)C. The quantitative estimate of drug-likeness (QED) is 0.898. The van der Waals surface area contributed by atoms with E-state index >= 15 is 0 Å². The maximum absolute atomic E-state index is 5.90. The normalized spacial score (nSPS) is 13.6. The average molecular weight is 262 g/mol. The first-order chi connectivity index (χ1) is 7.30. The molecule has 1 rings (SSSR count). The Kier molecular flexibility index (Phi) is 4.39. The third-order valence-electron chi connectivity index (χ3n) is 2.80. The van der Waals surface area contributed by atoms with Crippen molar-refractivity contribution in [3.8, 4) is 0 Å². The van der Waals surface area contributed by atoms with Crippen LogP contribution in [-0.4, -0.2) is 16.7 Å². The minimum atomic E-state index is 0.254. The molecule has 0 spiro atoms. The van der Waals surface area contributed by atoms with Crippen LogP contribution in [0.1, 0.15) is 27.7 Å². The Balaban J connectivity index is 2.64. The Hall–Kier alpha value is -0.540. The van der Waals surface area contributed by atoms with E-state index in [-0.39, 0.29) is 5.41 Å². The fraction of sp³-hybridized carbons (Fsp3) is 0.636. The van der Waals surface area contributed by atoms with Crippen LogP contribution in [0, 0.1) is 11.3 Å². The summed E-state index contributed by atoms with van der Waals surface area (Å²) < 4.78 is 0. The molecule has 1 aromatic heterocycles. The van der Waals surface area contributed by atoms with Gasteiger partial charge in [-0.2, -0.15) is 0 Å². The summed E-state index contributed by atoms with van der Waals surface area (Å²) in [6.45, 7) is 9.64. The number of aromatic nitrogens is 2. The first kappa shape index (κ1) is 13.5. The standard InChI is InChI=1S/C11H17Cl2N3/c1-7(11(2,3)4)6-14-8-5-9(12)15-16-10(8)13/h5,7H,6H2,1-4H3,(H,14,15). The Morgan fingerprint density at radius 1 is 1.31 bits per heavy atom. The maximum atomic E-state index is 5.90. The van der Waals surface area contributed by atoms with E-state index in [0.717, 1.165) is 12.2 Å². The topological polar surface area (TPSA) is 37.8 Å². The van der Waals surface area contributed by atoms with E-state index < -0.39 is 0 Å². The zero-order valence-corrected chi connectivity index (χ0v) is 11.5. The number of rotatable bonds is 3. The largest absolute Gasteiger partial charge is 0.382 e. The van der Waals surface area contributed by atoms with Gasteiger partial charge >= 0.3 is 0 Å². The van der Waals surface area contributed by atoms with Gasteiger partial charge in [0.05, 0.1) is 5.69 Å². The van der Waals surface area contributed by atoms with Crippen LogP contribution in [0.5, 0.6) is 0 Å². The minimum Gasteiger partial charge on any atom is -0.382 e. The van der Waals surface area contributed by atoms with Gasteiger partial charge in [-0.25, -0.2) is 0 Å².